The number of aliphatic hydroxyl groups excluding tert-OH is 1. The van der Waals surface area contributed by atoms with Gasteiger partial charge in [-0.1, -0.05) is 23.3 Å². The lowest BCUT2D eigenvalue weighted by molar-refractivity contribution is -0.0525. The summed E-state index contributed by atoms with van der Waals surface area (Å²) < 4.78 is 12.0. The van der Waals surface area contributed by atoms with Gasteiger partial charge in [0.2, 0.25) is 0 Å². The molecule has 0 unspecified atom stereocenters. The summed E-state index contributed by atoms with van der Waals surface area (Å²) in [5, 5.41) is 16.2. The zero-order valence-electron chi connectivity index (χ0n) is 14.9. The van der Waals surface area contributed by atoms with Crippen LogP contribution in [0, 0.1) is 0 Å². The highest BCUT2D eigenvalue weighted by atomic mass is 16.6. The SMILES string of the molecule is CO[C@@H]1[C@H](O)[C@@H](CN=[N+]=[N-])O[C@H]1n1ccc(NC(=O)c2ccccc2)nc1=O. The number of nitrogens with zero attached hydrogens (tertiary/aromatic N) is 5. The van der Waals surface area contributed by atoms with Gasteiger partial charge in [0.25, 0.3) is 5.91 Å². The third kappa shape index (κ3) is 4.02. The predicted molar refractivity (Wildman–Crippen MR) is 97.6 cm³/mol. The van der Waals surface area contributed by atoms with Crippen LogP contribution in [-0.2, 0) is 9.47 Å². The average molecular weight is 386 g/mol. The molecule has 1 saturated heterocycles. The van der Waals surface area contributed by atoms with Gasteiger partial charge in [-0.15, -0.1) is 0 Å². The number of azide groups is 1. The summed E-state index contributed by atoms with van der Waals surface area (Å²) in [6, 6.07) is 9.94. The van der Waals surface area contributed by atoms with Gasteiger partial charge in [-0.3, -0.25) is 9.36 Å². The van der Waals surface area contributed by atoms with Crippen LogP contribution in [0.3, 0.4) is 0 Å². The summed E-state index contributed by atoms with van der Waals surface area (Å²) in [6.07, 6.45) is -2.35. The minimum atomic E-state index is -1.09. The van der Waals surface area contributed by atoms with Crippen LogP contribution in [0.2, 0.25) is 0 Å². The van der Waals surface area contributed by atoms with E-state index in [1.165, 1.54) is 19.4 Å². The normalized spacial score (nSPS) is 23.8. The quantitative estimate of drug-likeness (QED) is 0.430. The van der Waals surface area contributed by atoms with Crippen LogP contribution in [0.1, 0.15) is 16.6 Å². The summed E-state index contributed by atoms with van der Waals surface area (Å²) >= 11 is 0. The molecule has 3 rings (SSSR count). The molecule has 1 aliphatic rings. The highest BCUT2D eigenvalue weighted by Gasteiger charge is 2.45. The molecule has 11 heteroatoms. The number of carbonyl (C=O) groups excluding carboxylic acids is 1. The van der Waals surface area contributed by atoms with Gasteiger partial charge in [0.15, 0.2) is 6.23 Å². The van der Waals surface area contributed by atoms with Gasteiger partial charge >= 0.3 is 5.69 Å². The third-order valence-corrected chi connectivity index (χ3v) is 4.29. The fraction of sp³-hybridized carbons (Fsp3) is 0.353. The van der Waals surface area contributed by atoms with Crippen molar-refractivity contribution in [3.05, 3.63) is 69.1 Å². The predicted octanol–water partition coefficient (Wildman–Crippen LogP) is 1.08. The monoisotopic (exact) mass is 386 g/mol. The Bertz CT molecular complexity index is 943. The van der Waals surface area contributed by atoms with E-state index < -0.39 is 36.1 Å². The number of nitrogens with one attached hydrogen (secondary N) is 1. The van der Waals surface area contributed by atoms with Crippen LogP contribution in [0.25, 0.3) is 10.4 Å². The molecule has 2 aromatic rings. The zero-order valence-corrected chi connectivity index (χ0v) is 14.9. The van der Waals surface area contributed by atoms with Crippen LogP contribution in [-0.4, -0.2) is 52.5 Å². The number of aromatic nitrogens is 2. The van der Waals surface area contributed by atoms with Crippen molar-refractivity contribution in [1.82, 2.24) is 9.55 Å². The molecule has 11 nitrogen and oxygen atoms in total. The average Bonchev–Trinajstić information content (AvgIpc) is 3.02. The second-order valence-corrected chi connectivity index (χ2v) is 5.99. The number of rotatable bonds is 6. The minimum absolute atomic E-state index is 0.0771. The Hall–Kier alpha value is -3.24. The number of carbonyl (C=O) groups is 1. The van der Waals surface area contributed by atoms with Crippen molar-refractivity contribution in [2.24, 2.45) is 5.11 Å². The largest absolute Gasteiger partial charge is 0.388 e. The van der Waals surface area contributed by atoms with E-state index in [4.69, 9.17) is 15.0 Å². The third-order valence-electron chi connectivity index (χ3n) is 4.29. The Morgan fingerprint density at radius 3 is 2.82 bits per heavy atom. The Labute approximate surface area is 159 Å². The number of methoxy groups -OCH3 is 1. The maximum atomic E-state index is 12.4. The van der Waals surface area contributed by atoms with Crippen molar-refractivity contribution in [3.8, 4) is 0 Å². The van der Waals surface area contributed by atoms with Crippen LogP contribution < -0.4 is 11.0 Å². The van der Waals surface area contributed by atoms with E-state index in [-0.39, 0.29) is 12.4 Å². The molecular formula is C17H18N6O5. The topological polar surface area (TPSA) is 151 Å². The number of amides is 1. The van der Waals surface area contributed by atoms with E-state index in [2.05, 4.69) is 20.3 Å². The van der Waals surface area contributed by atoms with Gasteiger partial charge in [-0.2, -0.15) is 4.98 Å². The maximum absolute atomic E-state index is 12.4. The van der Waals surface area contributed by atoms with Crippen molar-refractivity contribution in [2.75, 3.05) is 19.0 Å². The molecule has 1 fully saturated rings. The molecule has 1 aromatic heterocycles. The lowest BCUT2D eigenvalue weighted by Crippen LogP contribution is -2.37. The van der Waals surface area contributed by atoms with E-state index >= 15 is 0 Å². The first-order valence-corrected chi connectivity index (χ1v) is 8.38. The van der Waals surface area contributed by atoms with Crippen molar-refractivity contribution in [1.29, 1.82) is 0 Å². The van der Waals surface area contributed by atoms with E-state index in [1.54, 1.807) is 30.3 Å². The summed E-state index contributed by atoms with van der Waals surface area (Å²) in [4.78, 5) is 31.1. The zero-order chi connectivity index (χ0) is 20.1. The molecule has 0 radical (unpaired) electrons. The first-order chi connectivity index (χ1) is 13.5. The molecule has 1 amide bonds. The molecule has 0 aliphatic carbocycles. The first kappa shape index (κ1) is 19.5. The van der Waals surface area contributed by atoms with Gasteiger partial charge in [-0.05, 0) is 23.7 Å². The number of hydrogen-bond acceptors (Lipinski definition) is 7. The summed E-state index contributed by atoms with van der Waals surface area (Å²) in [5.41, 5.74) is 8.17. The molecule has 4 atom stereocenters. The van der Waals surface area contributed by atoms with Gasteiger partial charge in [-0.25, -0.2) is 4.79 Å². The second kappa shape index (κ2) is 8.63. The van der Waals surface area contributed by atoms with Crippen LogP contribution in [0.15, 0.2) is 52.5 Å². The van der Waals surface area contributed by atoms with Crippen molar-refractivity contribution < 1.29 is 19.4 Å². The van der Waals surface area contributed by atoms with Gasteiger partial charge in [0.05, 0.1) is 12.6 Å². The number of aliphatic hydroxyl groups is 1. The van der Waals surface area contributed by atoms with Gasteiger partial charge in [0.1, 0.15) is 18.0 Å². The molecular weight excluding hydrogens is 368 g/mol. The summed E-state index contributed by atoms with van der Waals surface area (Å²) in [5.74, 6) is -0.324. The van der Waals surface area contributed by atoms with Crippen molar-refractivity contribution >= 4 is 11.7 Å². The second-order valence-electron chi connectivity index (χ2n) is 5.99. The summed E-state index contributed by atoms with van der Waals surface area (Å²) in [6.45, 7) is -0.110. The molecule has 0 bridgehead atoms. The van der Waals surface area contributed by atoms with Crippen LogP contribution in [0.4, 0.5) is 5.82 Å². The minimum Gasteiger partial charge on any atom is -0.388 e. The van der Waals surface area contributed by atoms with Gasteiger partial charge < -0.3 is 19.9 Å². The molecule has 146 valence electrons. The van der Waals surface area contributed by atoms with E-state index in [1.807, 2.05) is 0 Å². The first-order valence-electron chi connectivity index (χ1n) is 8.38. The van der Waals surface area contributed by atoms with E-state index in [9.17, 15) is 14.7 Å². The number of ether oxygens (including phenoxy) is 2. The number of anilines is 1. The number of benzene rings is 1. The van der Waals surface area contributed by atoms with E-state index in [0.717, 1.165) is 4.57 Å². The van der Waals surface area contributed by atoms with Crippen molar-refractivity contribution in [2.45, 2.75) is 24.5 Å². The Kier molecular flexibility index (Phi) is 6.02. The Morgan fingerprint density at radius 2 is 2.18 bits per heavy atom. The molecule has 2 N–H and O–H groups in total. The lowest BCUT2D eigenvalue weighted by Gasteiger charge is -2.20. The van der Waals surface area contributed by atoms with Gasteiger partial charge in [0, 0.05) is 23.8 Å². The van der Waals surface area contributed by atoms with Crippen molar-refractivity contribution in [3.63, 3.8) is 0 Å². The summed E-state index contributed by atoms with van der Waals surface area (Å²) in [7, 11) is 1.37. The highest BCUT2D eigenvalue weighted by Crippen LogP contribution is 2.30. The number of hydrogen-bond donors (Lipinski definition) is 2. The standard InChI is InChI=1S/C17H18N6O5/c1-27-14-13(24)11(9-19-22-18)28-16(14)23-8-7-12(21-17(23)26)20-15(25)10-5-3-2-4-6-10/h2-8,11,13-14,16,24H,9H2,1H3,(H,20,21,25,26)/t11-,13-,14-,16-/m1/s1. The Balaban J connectivity index is 1.79. The van der Waals surface area contributed by atoms with E-state index in [0.29, 0.717) is 5.56 Å². The highest BCUT2D eigenvalue weighted by molar-refractivity contribution is 6.03. The molecule has 28 heavy (non-hydrogen) atoms. The maximum Gasteiger partial charge on any atom is 0.351 e. The molecule has 0 saturated carbocycles. The smallest absolute Gasteiger partial charge is 0.351 e. The fourth-order valence-corrected chi connectivity index (χ4v) is 2.92. The molecule has 2 heterocycles. The fourth-order valence-electron chi connectivity index (χ4n) is 2.92. The van der Waals surface area contributed by atoms with Crippen LogP contribution >= 0.6 is 0 Å². The Morgan fingerprint density at radius 1 is 1.43 bits per heavy atom. The molecule has 0 spiro atoms. The lowest BCUT2D eigenvalue weighted by atomic mass is 10.1. The molecule has 1 aromatic carbocycles. The molecule has 1 aliphatic heterocycles. The van der Waals surface area contributed by atoms with Crippen LogP contribution in [0.5, 0.6) is 0 Å².